The summed E-state index contributed by atoms with van der Waals surface area (Å²) in [5.41, 5.74) is -1.30. The highest BCUT2D eigenvalue weighted by Gasteiger charge is 2.21. The van der Waals surface area contributed by atoms with Gasteiger partial charge >= 0.3 is 5.97 Å². The average molecular weight is 293 g/mol. The van der Waals surface area contributed by atoms with Crippen LogP contribution in [0, 0.1) is 0 Å². The molecule has 0 spiro atoms. The van der Waals surface area contributed by atoms with Gasteiger partial charge in [0.15, 0.2) is 0 Å². The van der Waals surface area contributed by atoms with Gasteiger partial charge in [-0.15, -0.1) is 0 Å². The van der Waals surface area contributed by atoms with Gasteiger partial charge in [-0.3, -0.25) is 9.36 Å². The first-order chi connectivity index (χ1) is 10.1. The number of esters is 1. The molecule has 0 N–H and O–H groups in total. The molecule has 1 heterocycles. The highest BCUT2D eigenvalue weighted by Crippen LogP contribution is 2.21. The predicted molar refractivity (Wildman–Crippen MR) is 73.0 cm³/mol. The molecule has 21 heavy (non-hydrogen) atoms. The molecule has 2 rings (SSSR count). The van der Waals surface area contributed by atoms with Crippen molar-refractivity contribution in [3.63, 3.8) is 0 Å². The highest BCUT2D eigenvalue weighted by molar-refractivity contribution is 5.89. The highest BCUT2D eigenvalue weighted by atomic mass is 19.3. The molecule has 1 aromatic carbocycles. The number of nitrogens with zero attached hydrogens (tertiary/aromatic N) is 1. The number of alkyl halides is 2. The third-order valence-corrected chi connectivity index (χ3v) is 2.85. The lowest BCUT2D eigenvalue weighted by atomic mass is 10.2. The van der Waals surface area contributed by atoms with Gasteiger partial charge in [-0.25, -0.2) is 13.6 Å². The summed E-state index contributed by atoms with van der Waals surface area (Å²) >= 11 is 0. The number of hydrogen-bond acceptors (Lipinski definition) is 3. The number of hydrogen-bond donors (Lipinski definition) is 0. The summed E-state index contributed by atoms with van der Waals surface area (Å²) in [5.74, 6) is -0.826. The van der Waals surface area contributed by atoms with E-state index in [1.807, 2.05) is 0 Å². The van der Waals surface area contributed by atoms with Gasteiger partial charge in [0.1, 0.15) is 5.56 Å². The van der Waals surface area contributed by atoms with Crippen LogP contribution < -0.4 is 5.56 Å². The number of pyridine rings is 1. The Morgan fingerprint density at radius 2 is 1.86 bits per heavy atom. The minimum absolute atomic E-state index is 0.0974. The maximum absolute atomic E-state index is 13.1. The van der Waals surface area contributed by atoms with Gasteiger partial charge in [0.2, 0.25) is 0 Å². The predicted octanol–water partition coefficient (Wildman–Crippen LogP) is 2.95. The molecule has 0 radical (unpaired) electrons. The number of halogens is 2. The number of para-hydroxylation sites is 1. The van der Waals surface area contributed by atoms with Gasteiger partial charge in [0.25, 0.3) is 12.0 Å². The summed E-state index contributed by atoms with van der Waals surface area (Å²) in [6.45, 7) is 1.70. The largest absolute Gasteiger partial charge is 0.462 e. The molecule has 0 unspecified atom stereocenters. The monoisotopic (exact) mass is 293 g/mol. The standard InChI is InChI=1S/C15H13F2NO3/c1-2-21-15(20)11-8-9-12(13(16)17)18(14(11)19)10-6-4-3-5-7-10/h3-9,13H,2H2,1H3. The van der Waals surface area contributed by atoms with Crippen molar-refractivity contribution in [1.82, 2.24) is 4.57 Å². The number of rotatable bonds is 4. The second-order valence-electron chi connectivity index (χ2n) is 4.17. The average Bonchev–Trinajstić information content (AvgIpc) is 2.47. The molecule has 0 aliphatic rings. The van der Waals surface area contributed by atoms with Gasteiger partial charge in [0, 0.05) is 5.69 Å². The molecule has 0 bridgehead atoms. The van der Waals surface area contributed by atoms with Crippen LogP contribution in [0.5, 0.6) is 0 Å². The maximum Gasteiger partial charge on any atom is 0.343 e. The van der Waals surface area contributed by atoms with Crippen molar-refractivity contribution in [2.24, 2.45) is 0 Å². The lowest BCUT2D eigenvalue weighted by Gasteiger charge is -2.13. The summed E-state index contributed by atoms with van der Waals surface area (Å²) in [4.78, 5) is 24.0. The van der Waals surface area contributed by atoms with Crippen LogP contribution in [0.3, 0.4) is 0 Å². The number of carbonyl (C=O) groups excluding carboxylic acids is 1. The Morgan fingerprint density at radius 1 is 1.19 bits per heavy atom. The second kappa shape index (κ2) is 6.30. The van der Waals surface area contributed by atoms with Crippen LogP contribution >= 0.6 is 0 Å². The van der Waals surface area contributed by atoms with E-state index in [-0.39, 0.29) is 17.9 Å². The SMILES string of the molecule is CCOC(=O)c1ccc(C(F)F)n(-c2ccccc2)c1=O. The minimum Gasteiger partial charge on any atom is -0.462 e. The minimum atomic E-state index is -2.84. The topological polar surface area (TPSA) is 48.3 Å². The number of benzene rings is 1. The molecule has 110 valence electrons. The first kappa shape index (κ1) is 14.9. The smallest absolute Gasteiger partial charge is 0.343 e. The molecular formula is C15H13F2NO3. The van der Waals surface area contributed by atoms with Gasteiger partial charge in [-0.2, -0.15) is 0 Å². The van der Waals surface area contributed by atoms with E-state index in [2.05, 4.69) is 0 Å². The molecule has 6 heteroatoms. The molecule has 0 atom stereocenters. The molecule has 0 fully saturated rings. The van der Waals surface area contributed by atoms with Crippen molar-refractivity contribution < 1.29 is 18.3 Å². The molecular weight excluding hydrogens is 280 g/mol. The molecule has 0 saturated carbocycles. The molecule has 0 amide bonds. The summed E-state index contributed by atoms with van der Waals surface area (Å²) in [5, 5.41) is 0. The summed E-state index contributed by atoms with van der Waals surface area (Å²) in [7, 11) is 0. The number of carbonyl (C=O) groups is 1. The fourth-order valence-corrected chi connectivity index (χ4v) is 1.93. The molecule has 4 nitrogen and oxygen atoms in total. The third kappa shape index (κ3) is 2.99. The van der Waals surface area contributed by atoms with E-state index in [4.69, 9.17) is 4.74 Å². The van der Waals surface area contributed by atoms with Crippen LogP contribution in [0.25, 0.3) is 5.69 Å². The normalized spacial score (nSPS) is 10.7. The van der Waals surface area contributed by atoms with Gasteiger partial charge in [-0.1, -0.05) is 18.2 Å². The van der Waals surface area contributed by atoms with Gasteiger partial charge in [0.05, 0.1) is 12.3 Å². The second-order valence-corrected chi connectivity index (χ2v) is 4.17. The Morgan fingerprint density at radius 3 is 2.43 bits per heavy atom. The lowest BCUT2D eigenvalue weighted by molar-refractivity contribution is 0.0523. The van der Waals surface area contributed by atoms with E-state index in [1.54, 1.807) is 25.1 Å². The molecule has 2 aromatic rings. The van der Waals surface area contributed by atoms with Crippen LogP contribution in [0.1, 0.15) is 29.4 Å². The quantitative estimate of drug-likeness (QED) is 0.814. The van der Waals surface area contributed by atoms with E-state index in [0.717, 1.165) is 16.7 Å². The Bertz CT molecular complexity index is 696. The zero-order chi connectivity index (χ0) is 15.4. The van der Waals surface area contributed by atoms with E-state index >= 15 is 0 Å². The third-order valence-electron chi connectivity index (χ3n) is 2.85. The molecule has 0 saturated heterocycles. The van der Waals surface area contributed by atoms with Crippen LogP contribution in [-0.4, -0.2) is 17.1 Å². The van der Waals surface area contributed by atoms with Crippen LogP contribution in [0.15, 0.2) is 47.3 Å². The van der Waals surface area contributed by atoms with Crippen molar-refractivity contribution in [2.45, 2.75) is 13.3 Å². The fraction of sp³-hybridized carbons (Fsp3) is 0.200. The Balaban J connectivity index is 2.67. The van der Waals surface area contributed by atoms with Crippen molar-refractivity contribution in [3.05, 3.63) is 64.1 Å². The van der Waals surface area contributed by atoms with Crippen molar-refractivity contribution in [1.29, 1.82) is 0 Å². The van der Waals surface area contributed by atoms with Crippen molar-refractivity contribution in [2.75, 3.05) is 6.61 Å². The first-order valence-electron chi connectivity index (χ1n) is 6.33. The Kier molecular flexibility index (Phi) is 4.47. The summed E-state index contributed by atoms with van der Waals surface area (Å²) in [6.07, 6.45) is -2.84. The number of aromatic nitrogens is 1. The first-order valence-corrected chi connectivity index (χ1v) is 6.33. The zero-order valence-corrected chi connectivity index (χ0v) is 11.3. The van der Waals surface area contributed by atoms with Crippen molar-refractivity contribution in [3.8, 4) is 5.69 Å². The summed E-state index contributed by atoms with van der Waals surface area (Å²) in [6, 6.07) is 10.1. The van der Waals surface area contributed by atoms with Crippen molar-refractivity contribution >= 4 is 5.97 Å². The summed E-state index contributed by atoms with van der Waals surface area (Å²) < 4.78 is 31.8. The van der Waals surface area contributed by atoms with Crippen LogP contribution in [0.4, 0.5) is 8.78 Å². The Labute approximate surface area is 119 Å². The zero-order valence-electron chi connectivity index (χ0n) is 11.3. The van der Waals surface area contributed by atoms with Gasteiger partial charge in [-0.05, 0) is 31.2 Å². The molecule has 1 aromatic heterocycles. The van der Waals surface area contributed by atoms with Crippen LogP contribution in [-0.2, 0) is 4.74 Å². The fourth-order valence-electron chi connectivity index (χ4n) is 1.93. The van der Waals surface area contributed by atoms with E-state index in [1.165, 1.54) is 12.1 Å². The maximum atomic E-state index is 13.1. The Hall–Kier alpha value is -2.50. The van der Waals surface area contributed by atoms with E-state index < -0.39 is 23.6 Å². The van der Waals surface area contributed by atoms with E-state index in [0.29, 0.717) is 0 Å². The lowest BCUT2D eigenvalue weighted by Crippen LogP contribution is -2.28. The van der Waals surface area contributed by atoms with E-state index in [9.17, 15) is 18.4 Å². The number of ether oxygens (including phenoxy) is 1. The van der Waals surface area contributed by atoms with Crippen LogP contribution in [0.2, 0.25) is 0 Å². The molecule has 0 aliphatic heterocycles. The molecule has 0 aliphatic carbocycles. The van der Waals surface area contributed by atoms with Gasteiger partial charge < -0.3 is 4.74 Å².